The molecule has 1 rings (SSSR count). The Balaban J connectivity index is 2.88. The van der Waals surface area contributed by atoms with Gasteiger partial charge in [-0.05, 0) is 39.5 Å². The first-order valence-corrected chi connectivity index (χ1v) is 6.69. The Bertz CT molecular complexity index is 337. The van der Waals surface area contributed by atoms with Crippen LogP contribution in [0, 0.1) is 11.3 Å². The largest absolute Gasteiger partial charge is 0.465 e. The Kier molecular flexibility index (Phi) is 5.42. The molecule has 4 nitrogen and oxygen atoms in total. The van der Waals surface area contributed by atoms with E-state index in [0.717, 1.165) is 0 Å². The summed E-state index contributed by atoms with van der Waals surface area (Å²) in [4.78, 5) is 24.0. The molecular weight excluding hydrogens is 277 g/mol. The number of esters is 2. The van der Waals surface area contributed by atoms with Crippen LogP contribution in [0.15, 0.2) is 0 Å². The zero-order valence-electron chi connectivity index (χ0n) is 11.6. The Morgan fingerprint density at radius 1 is 1.05 bits per heavy atom. The third kappa shape index (κ3) is 3.43. The van der Waals surface area contributed by atoms with Gasteiger partial charge in [0.15, 0.2) is 5.41 Å². The van der Waals surface area contributed by atoms with Crippen molar-refractivity contribution in [2.24, 2.45) is 11.3 Å². The van der Waals surface area contributed by atoms with Crippen LogP contribution in [0.25, 0.3) is 0 Å². The van der Waals surface area contributed by atoms with Crippen molar-refractivity contribution >= 4 is 11.9 Å². The van der Waals surface area contributed by atoms with Gasteiger partial charge in [-0.3, -0.25) is 9.59 Å². The molecule has 0 heterocycles. The van der Waals surface area contributed by atoms with Crippen LogP contribution in [0.5, 0.6) is 0 Å². The predicted octanol–water partition coefficient (Wildman–Crippen LogP) is 2.85. The molecule has 20 heavy (non-hydrogen) atoms. The highest BCUT2D eigenvalue weighted by Crippen LogP contribution is 2.46. The van der Waals surface area contributed by atoms with Crippen molar-refractivity contribution in [1.29, 1.82) is 0 Å². The van der Waals surface area contributed by atoms with Crippen LogP contribution < -0.4 is 0 Å². The van der Waals surface area contributed by atoms with E-state index in [1.165, 1.54) is 0 Å². The van der Waals surface area contributed by atoms with E-state index in [9.17, 15) is 22.8 Å². The van der Waals surface area contributed by atoms with Crippen LogP contribution >= 0.6 is 0 Å². The van der Waals surface area contributed by atoms with E-state index in [1.807, 2.05) is 0 Å². The molecule has 0 bridgehead atoms. The van der Waals surface area contributed by atoms with Crippen molar-refractivity contribution in [2.75, 3.05) is 13.2 Å². The van der Waals surface area contributed by atoms with Crippen molar-refractivity contribution < 1.29 is 32.2 Å². The minimum Gasteiger partial charge on any atom is -0.465 e. The summed E-state index contributed by atoms with van der Waals surface area (Å²) in [5.41, 5.74) is -1.58. The van der Waals surface area contributed by atoms with Crippen LogP contribution in [-0.4, -0.2) is 31.3 Å². The smallest absolute Gasteiger partial charge is 0.391 e. The van der Waals surface area contributed by atoms with Crippen molar-refractivity contribution in [3.8, 4) is 0 Å². The number of carbonyl (C=O) groups is 2. The monoisotopic (exact) mass is 296 g/mol. The number of ether oxygens (including phenoxy) is 2. The average molecular weight is 296 g/mol. The van der Waals surface area contributed by atoms with E-state index in [1.54, 1.807) is 13.8 Å². The molecule has 0 spiro atoms. The maximum Gasteiger partial charge on any atom is 0.391 e. The lowest BCUT2D eigenvalue weighted by Crippen LogP contribution is -2.46. The molecule has 0 aromatic heterocycles. The molecule has 0 atom stereocenters. The highest BCUT2D eigenvalue weighted by Gasteiger charge is 2.54. The molecule has 1 aliphatic carbocycles. The van der Waals surface area contributed by atoms with Crippen LogP contribution in [-0.2, 0) is 19.1 Å². The summed E-state index contributed by atoms with van der Waals surface area (Å²) >= 11 is 0. The minimum absolute atomic E-state index is 0.0721. The predicted molar refractivity (Wildman–Crippen MR) is 63.7 cm³/mol. The van der Waals surface area contributed by atoms with E-state index in [4.69, 9.17) is 9.47 Å². The molecule has 0 N–H and O–H groups in total. The molecule has 0 unspecified atom stereocenters. The fourth-order valence-corrected chi connectivity index (χ4v) is 2.47. The van der Waals surface area contributed by atoms with Gasteiger partial charge >= 0.3 is 18.1 Å². The molecule has 7 heteroatoms. The number of carbonyl (C=O) groups excluding carboxylic acids is 2. The summed E-state index contributed by atoms with van der Waals surface area (Å²) in [5, 5.41) is 0. The number of halogens is 3. The molecule has 0 aromatic carbocycles. The van der Waals surface area contributed by atoms with E-state index in [2.05, 4.69) is 0 Å². The highest BCUT2D eigenvalue weighted by molar-refractivity contribution is 6.00. The van der Waals surface area contributed by atoms with Gasteiger partial charge in [0.2, 0.25) is 0 Å². The molecule has 0 aliphatic heterocycles. The number of rotatable bonds is 4. The standard InChI is InChI=1S/C13H19F3O4/c1-3-19-10(17)12(11(18)20-4-2)7-5-9(6-8-12)13(14,15)16/h9H,3-8H2,1-2H3. The first-order chi connectivity index (χ1) is 9.28. The van der Waals surface area contributed by atoms with Gasteiger partial charge in [-0.2, -0.15) is 13.2 Å². The van der Waals surface area contributed by atoms with Gasteiger partial charge in [0.1, 0.15) is 0 Å². The lowest BCUT2D eigenvalue weighted by atomic mass is 9.70. The Morgan fingerprint density at radius 3 is 1.75 bits per heavy atom. The lowest BCUT2D eigenvalue weighted by molar-refractivity contribution is -0.198. The van der Waals surface area contributed by atoms with Crippen molar-refractivity contribution in [1.82, 2.24) is 0 Å². The molecule has 1 saturated carbocycles. The summed E-state index contributed by atoms with van der Waals surface area (Å²) in [6, 6.07) is 0. The summed E-state index contributed by atoms with van der Waals surface area (Å²) in [6.07, 6.45) is -5.19. The van der Waals surface area contributed by atoms with Gasteiger partial charge in [0.05, 0.1) is 19.1 Å². The maximum atomic E-state index is 12.7. The Morgan fingerprint density at radius 2 is 1.45 bits per heavy atom. The molecule has 0 radical (unpaired) electrons. The van der Waals surface area contributed by atoms with Crippen molar-refractivity contribution in [2.45, 2.75) is 45.7 Å². The Hall–Kier alpha value is -1.27. The third-order valence-electron chi connectivity index (χ3n) is 3.63. The topological polar surface area (TPSA) is 52.6 Å². The van der Waals surface area contributed by atoms with Crippen LogP contribution in [0.1, 0.15) is 39.5 Å². The number of hydrogen-bond donors (Lipinski definition) is 0. The van der Waals surface area contributed by atoms with Gasteiger partial charge in [0.25, 0.3) is 0 Å². The number of hydrogen-bond acceptors (Lipinski definition) is 4. The molecular formula is C13H19F3O4. The average Bonchev–Trinajstić information content (AvgIpc) is 2.38. The van der Waals surface area contributed by atoms with E-state index >= 15 is 0 Å². The molecule has 0 saturated heterocycles. The van der Waals surface area contributed by atoms with Crippen molar-refractivity contribution in [3.05, 3.63) is 0 Å². The van der Waals surface area contributed by atoms with E-state index in [-0.39, 0.29) is 38.9 Å². The quantitative estimate of drug-likeness (QED) is 0.591. The second-order valence-corrected chi connectivity index (χ2v) is 4.84. The first kappa shape index (κ1) is 16.8. The van der Waals surface area contributed by atoms with Crippen LogP contribution in [0.4, 0.5) is 13.2 Å². The SMILES string of the molecule is CCOC(=O)C1(C(=O)OCC)CCC(C(F)(F)F)CC1. The number of alkyl halides is 3. The Labute approximate surface area is 115 Å². The van der Waals surface area contributed by atoms with Gasteiger partial charge in [-0.1, -0.05) is 0 Å². The van der Waals surface area contributed by atoms with Crippen LogP contribution in [0.2, 0.25) is 0 Å². The first-order valence-electron chi connectivity index (χ1n) is 6.69. The van der Waals surface area contributed by atoms with E-state index < -0.39 is 29.4 Å². The minimum atomic E-state index is -4.30. The van der Waals surface area contributed by atoms with Gasteiger partial charge < -0.3 is 9.47 Å². The van der Waals surface area contributed by atoms with E-state index in [0.29, 0.717) is 0 Å². The fourth-order valence-electron chi connectivity index (χ4n) is 2.47. The third-order valence-corrected chi connectivity index (χ3v) is 3.63. The zero-order chi connectivity index (χ0) is 15.4. The second-order valence-electron chi connectivity index (χ2n) is 4.84. The van der Waals surface area contributed by atoms with Gasteiger partial charge in [-0.25, -0.2) is 0 Å². The molecule has 1 aliphatic rings. The summed E-state index contributed by atoms with van der Waals surface area (Å²) in [6.45, 7) is 3.31. The molecule has 0 aromatic rings. The molecule has 0 amide bonds. The normalized spacial score (nSPS) is 19.4. The molecule has 116 valence electrons. The fraction of sp³-hybridized carbons (Fsp3) is 0.846. The van der Waals surface area contributed by atoms with Gasteiger partial charge in [0, 0.05) is 0 Å². The summed E-state index contributed by atoms with van der Waals surface area (Å²) in [5.74, 6) is -3.03. The summed E-state index contributed by atoms with van der Waals surface area (Å²) < 4.78 is 47.7. The lowest BCUT2D eigenvalue weighted by Gasteiger charge is -2.36. The van der Waals surface area contributed by atoms with Gasteiger partial charge in [-0.15, -0.1) is 0 Å². The maximum absolute atomic E-state index is 12.7. The molecule has 1 fully saturated rings. The highest BCUT2D eigenvalue weighted by atomic mass is 19.4. The zero-order valence-corrected chi connectivity index (χ0v) is 11.6. The van der Waals surface area contributed by atoms with Crippen LogP contribution in [0.3, 0.4) is 0 Å². The van der Waals surface area contributed by atoms with Crippen molar-refractivity contribution in [3.63, 3.8) is 0 Å². The summed E-state index contributed by atoms with van der Waals surface area (Å²) in [7, 11) is 0. The second kappa shape index (κ2) is 6.45.